The Labute approximate surface area is 163 Å². The van der Waals surface area contributed by atoms with Crippen LogP contribution in [0.15, 0.2) is 58.0 Å². The van der Waals surface area contributed by atoms with E-state index in [9.17, 15) is 4.79 Å². The van der Waals surface area contributed by atoms with E-state index in [1.54, 1.807) is 12.4 Å². The Kier molecular flexibility index (Phi) is 5.69. The number of benzene rings is 1. The van der Waals surface area contributed by atoms with Gasteiger partial charge < -0.3 is 19.8 Å². The molecule has 2 N–H and O–H groups in total. The minimum absolute atomic E-state index is 0.346. The van der Waals surface area contributed by atoms with Crippen molar-refractivity contribution in [2.24, 2.45) is 5.73 Å². The zero-order valence-corrected chi connectivity index (χ0v) is 15.8. The van der Waals surface area contributed by atoms with Crippen LogP contribution in [0.2, 0.25) is 0 Å². The molecule has 1 aromatic carbocycles. The third-order valence-electron chi connectivity index (χ3n) is 5.21. The number of hydrogen-bond donors (Lipinski definition) is 1. The fourth-order valence-corrected chi connectivity index (χ4v) is 3.61. The molecule has 4 rings (SSSR count). The molecule has 0 unspecified atom stereocenters. The zero-order valence-electron chi connectivity index (χ0n) is 15.8. The van der Waals surface area contributed by atoms with E-state index < -0.39 is 5.63 Å². The van der Waals surface area contributed by atoms with Gasteiger partial charge in [-0.1, -0.05) is 12.1 Å². The molecule has 0 saturated carbocycles. The molecule has 1 fully saturated rings. The largest absolute Gasteiger partial charge is 0.492 e. The second kappa shape index (κ2) is 8.54. The van der Waals surface area contributed by atoms with Crippen LogP contribution in [0.3, 0.4) is 0 Å². The molecule has 0 spiro atoms. The lowest BCUT2D eigenvalue weighted by atomic mass is 10.1. The molecule has 1 aliphatic rings. The molecule has 146 valence electrons. The molecule has 3 aromatic rings. The summed E-state index contributed by atoms with van der Waals surface area (Å²) in [6, 6.07) is 11.4. The molecule has 1 aliphatic heterocycles. The lowest BCUT2D eigenvalue weighted by Gasteiger charge is -2.29. The standard InChI is InChI=1S/C22H25N3O3/c23-18-6-10-25(11-7-18)9-2-12-27-20-14-22(26)28-21-13-16(4-5-19(20)21)17-3-1-8-24-15-17/h1,3-5,8,13-15,18H,2,6-7,9-12,23H2. The van der Waals surface area contributed by atoms with Gasteiger partial charge >= 0.3 is 5.63 Å². The second-order valence-electron chi connectivity index (χ2n) is 7.26. The summed E-state index contributed by atoms with van der Waals surface area (Å²) in [6.45, 7) is 3.65. The Balaban J connectivity index is 1.44. The first-order chi connectivity index (χ1) is 13.7. The van der Waals surface area contributed by atoms with Gasteiger partial charge in [-0.3, -0.25) is 4.98 Å². The molecule has 0 bridgehead atoms. The molecule has 3 heterocycles. The minimum atomic E-state index is -0.407. The van der Waals surface area contributed by atoms with Gasteiger partial charge in [0, 0.05) is 30.5 Å². The van der Waals surface area contributed by atoms with Gasteiger partial charge in [0.05, 0.1) is 18.1 Å². The number of nitrogens with zero attached hydrogens (tertiary/aromatic N) is 2. The summed E-state index contributed by atoms with van der Waals surface area (Å²) in [4.78, 5) is 18.5. The SMILES string of the molecule is NC1CCN(CCCOc2cc(=O)oc3cc(-c4cccnc4)ccc23)CC1. The molecular weight excluding hydrogens is 354 g/mol. The van der Waals surface area contributed by atoms with Gasteiger partial charge in [-0.05, 0) is 56.1 Å². The summed E-state index contributed by atoms with van der Waals surface area (Å²) in [7, 11) is 0. The number of hydrogen-bond acceptors (Lipinski definition) is 6. The second-order valence-corrected chi connectivity index (χ2v) is 7.26. The third-order valence-corrected chi connectivity index (χ3v) is 5.21. The van der Waals surface area contributed by atoms with Crippen LogP contribution >= 0.6 is 0 Å². The Morgan fingerprint density at radius 3 is 2.82 bits per heavy atom. The highest BCUT2D eigenvalue weighted by molar-refractivity contribution is 5.87. The van der Waals surface area contributed by atoms with Gasteiger partial charge in [-0.2, -0.15) is 0 Å². The zero-order chi connectivity index (χ0) is 19.3. The molecule has 6 nitrogen and oxygen atoms in total. The van der Waals surface area contributed by atoms with Crippen LogP contribution in [0.5, 0.6) is 5.75 Å². The number of pyridine rings is 1. The Hall–Kier alpha value is -2.70. The Morgan fingerprint density at radius 2 is 2.04 bits per heavy atom. The molecule has 28 heavy (non-hydrogen) atoms. The van der Waals surface area contributed by atoms with Crippen LogP contribution in [-0.4, -0.2) is 42.2 Å². The summed E-state index contributed by atoms with van der Waals surface area (Å²) >= 11 is 0. The van der Waals surface area contributed by atoms with Crippen molar-refractivity contribution < 1.29 is 9.15 Å². The number of piperidine rings is 1. The number of aromatic nitrogens is 1. The summed E-state index contributed by atoms with van der Waals surface area (Å²) in [5, 5.41) is 0.802. The summed E-state index contributed by atoms with van der Waals surface area (Å²) in [5.74, 6) is 0.574. The molecule has 6 heteroatoms. The van der Waals surface area contributed by atoms with Crippen LogP contribution in [0.4, 0.5) is 0 Å². The van der Waals surface area contributed by atoms with Crippen molar-refractivity contribution in [3.05, 3.63) is 59.2 Å². The van der Waals surface area contributed by atoms with E-state index in [1.807, 2.05) is 30.3 Å². The van der Waals surface area contributed by atoms with E-state index in [2.05, 4.69) is 9.88 Å². The monoisotopic (exact) mass is 379 g/mol. The van der Waals surface area contributed by atoms with E-state index in [-0.39, 0.29) is 0 Å². The fraction of sp³-hybridized carbons (Fsp3) is 0.364. The van der Waals surface area contributed by atoms with Gasteiger partial charge in [0.1, 0.15) is 11.3 Å². The van der Waals surface area contributed by atoms with Gasteiger partial charge in [0.25, 0.3) is 0 Å². The van der Waals surface area contributed by atoms with Crippen molar-refractivity contribution >= 4 is 11.0 Å². The summed E-state index contributed by atoms with van der Waals surface area (Å²) in [5.41, 5.74) is 7.98. The van der Waals surface area contributed by atoms with Crippen molar-refractivity contribution in [2.45, 2.75) is 25.3 Å². The number of likely N-dealkylation sites (tertiary alicyclic amines) is 1. The summed E-state index contributed by atoms with van der Waals surface area (Å²) in [6.07, 6.45) is 6.54. The predicted molar refractivity (Wildman–Crippen MR) is 109 cm³/mol. The number of nitrogens with two attached hydrogens (primary N) is 1. The van der Waals surface area contributed by atoms with Gasteiger partial charge in [-0.25, -0.2) is 4.79 Å². The summed E-state index contributed by atoms with van der Waals surface area (Å²) < 4.78 is 11.3. The highest BCUT2D eigenvalue weighted by Gasteiger charge is 2.15. The first-order valence-electron chi connectivity index (χ1n) is 9.78. The topological polar surface area (TPSA) is 81.6 Å². The first-order valence-corrected chi connectivity index (χ1v) is 9.78. The van der Waals surface area contributed by atoms with Gasteiger partial charge in [0.2, 0.25) is 0 Å². The molecule has 0 atom stereocenters. The van der Waals surface area contributed by atoms with Crippen LogP contribution in [0.25, 0.3) is 22.1 Å². The van der Waals surface area contributed by atoms with Crippen LogP contribution in [-0.2, 0) is 0 Å². The van der Waals surface area contributed by atoms with Crippen LogP contribution in [0.1, 0.15) is 19.3 Å². The van der Waals surface area contributed by atoms with Crippen molar-refractivity contribution in [1.29, 1.82) is 0 Å². The molecule has 0 aliphatic carbocycles. The quantitative estimate of drug-likeness (QED) is 0.524. The van der Waals surface area contributed by atoms with E-state index >= 15 is 0 Å². The maximum atomic E-state index is 12.0. The fourth-order valence-electron chi connectivity index (χ4n) is 3.61. The van der Waals surface area contributed by atoms with Crippen molar-refractivity contribution in [3.63, 3.8) is 0 Å². The van der Waals surface area contributed by atoms with Crippen molar-refractivity contribution in [2.75, 3.05) is 26.2 Å². The predicted octanol–water partition coefficient (Wildman–Crippen LogP) is 3.05. The molecule has 2 aromatic heterocycles. The maximum absolute atomic E-state index is 12.0. The highest BCUT2D eigenvalue weighted by Crippen LogP contribution is 2.28. The normalized spacial score (nSPS) is 15.8. The number of fused-ring (bicyclic) bond motifs is 1. The number of ether oxygens (including phenoxy) is 1. The van der Waals surface area contributed by atoms with E-state index in [0.29, 0.717) is 24.0 Å². The Bertz CT molecular complexity index is 979. The minimum Gasteiger partial charge on any atom is -0.492 e. The van der Waals surface area contributed by atoms with Gasteiger partial charge in [-0.15, -0.1) is 0 Å². The smallest absolute Gasteiger partial charge is 0.339 e. The average molecular weight is 379 g/mol. The average Bonchev–Trinajstić information content (AvgIpc) is 2.72. The molecule has 0 amide bonds. The highest BCUT2D eigenvalue weighted by atomic mass is 16.5. The molecule has 0 radical (unpaired) electrons. The maximum Gasteiger partial charge on any atom is 0.339 e. The molecule has 1 saturated heterocycles. The lowest BCUT2D eigenvalue weighted by molar-refractivity contribution is 0.194. The Morgan fingerprint density at radius 1 is 1.18 bits per heavy atom. The first kappa shape index (κ1) is 18.7. The van der Waals surface area contributed by atoms with Crippen molar-refractivity contribution in [1.82, 2.24) is 9.88 Å². The molecular formula is C22H25N3O3. The van der Waals surface area contributed by atoms with Gasteiger partial charge in [0.15, 0.2) is 0 Å². The van der Waals surface area contributed by atoms with E-state index in [4.69, 9.17) is 14.9 Å². The van der Waals surface area contributed by atoms with Crippen molar-refractivity contribution in [3.8, 4) is 16.9 Å². The van der Waals surface area contributed by atoms with Crippen LogP contribution < -0.4 is 16.1 Å². The van der Waals surface area contributed by atoms with E-state index in [0.717, 1.165) is 55.4 Å². The lowest BCUT2D eigenvalue weighted by Crippen LogP contribution is -2.40. The number of rotatable bonds is 6. The van der Waals surface area contributed by atoms with E-state index in [1.165, 1.54) is 6.07 Å². The van der Waals surface area contributed by atoms with Crippen LogP contribution in [0, 0.1) is 0 Å². The third kappa shape index (κ3) is 4.40.